The fraction of sp³-hybridized carbons (Fsp3) is 0.857. The molecule has 1 amide bonds. The predicted octanol–water partition coefficient (Wildman–Crippen LogP) is 1.68. The third-order valence-electron chi connectivity index (χ3n) is 3.95. The Morgan fingerprint density at radius 2 is 2.11 bits per heavy atom. The van der Waals surface area contributed by atoms with Gasteiger partial charge in [0.1, 0.15) is 0 Å². The average molecular weight is 285 g/mol. The molecular weight excluding hydrogens is 258 g/mol. The van der Waals surface area contributed by atoms with Crippen LogP contribution in [0.1, 0.15) is 45.4 Å². The van der Waals surface area contributed by atoms with Crippen molar-refractivity contribution in [2.75, 3.05) is 20.1 Å². The maximum absolute atomic E-state index is 12.0. The highest BCUT2D eigenvalue weighted by Gasteiger charge is 2.21. The molecule has 0 spiro atoms. The fourth-order valence-electron chi connectivity index (χ4n) is 2.70. The first-order valence-electron chi connectivity index (χ1n) is 7.33. The normalized spacial score (nSPS) is 17.6. The molecule has 0 aromatic rings. The van der Waals surface area contributed by atoms with E-state index in [9.17, 15) is 4.79 Å². The van der Waals surface area contributed by atoms with Crippen LogP contribution in [0, 0.1) is 5.92 Å². The minimum absolute atomic E-state index is 0.0193. The van der Waals surface area contributed by atoms with Gasteiger partial charge in [-0.15, -0.1) is 0 Å². The minimum atomic E-state index is -0.309. The van der Waals surface area contributed by atoms with Crippen LogP contribution in [0.2, 0.25) is 0 Å². The summed E-state index contributed by atoms with van der Waals surface area (Å²) in [5, 5.41) is 2.96. The SMILES string of the molecule is CCCC(C(=O)NCCN(C)C1CCCC1)C(N)=S. The largest absolute Gasteiger partial charge is 0.393 e. The molecule has 0 saturated heterocycles. The Balaban J connectivity index is 2.26. The van der Waals surface area contributed by atoms with E-state index in [0.717, 1.165) is 19.4 Å². The topological polar surface area (TPSA) is 58.4 Å². The summed E-state index contributed by atoms with van der Waals surface area (Å²) in [7, 11) is 2.14. The summed E-state index contributed by atoms with van der Waals surface area (Å²) in [6, 6.07) is 0.693. The number of hydrogen-bond acceptors (Lipinski definition) is 3. The molecule has 1 atom stereocenters. The smallest absolute Gasteiger partial charge is 0.229 e. The molecule has 0 aromatic heterocycles. The molecule has 1 aliphatic rings. The molecule has 19 heavy (non-hydrogen) atoms. The lowest BCUT2D eigenvalue weighted by Crippen LogP contribution is -2.42. The third kappa shape index (κ3) is 5.45. The second-order valence-electron chi connectivity index (χ2n) is 5.45. The second-order valence-corrected chi connectivity index (χ2v) is 5.92. The van der Waals surface area contributed by atoms with E-state index in [1.165, 1.54) is 25.7 Å². The number of nitrogens with two attached hydrogens (primary N) is 1. The molecule has 1 fully saturated rings. The Morgan fingerprint density at radius 3 is 2.63 bits per heavy atom. The molecule has 3 N–H and O–H groups in total. The molecule has 5 heteroatoms. The van der Waals surface area contributed by atoms with Gasteiger partial charge in [-0.25, -0.2) is 0 Å². The van der Waals surface area contributed by atoms with E-state index < -0.39 is 0 Å². The molecular formula is C14H27N3OS. The number of hydrogen-bond donors (Lipinski definition) is 2. The van der Waals surface area contributed by atoms with Crippen molar-refractivity contribution < 1.29 is 4.79 Å². The van der Waals surface area contributed by atoms with Crippen LogP contribution in [0.25, 0.3) is 0 Å². The van der Waals surface area contributed by atoms with Gasteiger partial charge in [0.15, 0.2) is 0 Å². The van der Waals surface area contributed by atoms with Crippen LogP contribution in [0.3, 0.4) is 0 Å². The zero-order valence-electron chi connectivity index (χ0n) is 12.2. The predicted molar refractivity (Wildman–Crippen MR) is 83.1 cm³/mol. The van der Waals surface area contributed by atoms with Crippen molar-refractivity contribution >= 4 is 23.1 Å². The van der Waals surface area contributed by atoms with Crippen molar-refractivity contribution in [1.82, 2.24) is 10.2 Å². The van der Waals surface area contributed by atoms with E-state index in [2.05, 4.69) is 17.3 Å². The molecule has 0 radical (unpaired) electrons. The summed E-state index contributed by atoms with van der Waals surface area (Å²) >= 11 is 4.95. The molecule has 1 aliphatic carbocycles. The van der Waals surface area contributed by atoms with E-state index in [-0.39, 0.29) is 11.8 Å². The highest BCUT2D eigenvalue weighted by atomic mass is 32.1. The van der Waals surface area contributed by atoms with Crippen LogP contribution in [-0.2, 0) is 4.79 Å². The first-order valence-corrected chi connectivity index (χ1v) is 7.74. The number of nitrogens with one attached hydrogen (secondary N) is 1. The molecule has 1 saturated carbocycles. The van der Waals surface area contributed by atoms with E-state index in [4.69, 9.17) is 18.0 Å². The lowest BCUT2D eigenvalue weighted by Gasteiger charge is -2.24. The van der Waals surface area contributed by atoms with Gasteiger partial charge in [0.05, 0.1) is 10.9 Å². The summed E-state index contributed by atoms with van der Waals surface area (Å²) in [5.41, 5.74) is 5.61. The number of carbonyl (C=O) groups excluding carboxylic acids is 1. The summed E-state index contributed by atoms with van der Waals surface area (Å²) in [6.45, 7) is 3.60. The maximum atomic E-state index is 12.0. The van der Waals surface area contributed by atoms with Gasteiger partial charge in [0, 0.05) is 19.1 Å². The molecule has 0 bridgehead atoms. The third-order valence-corrected chi connectivity index (χ3v) is 4.23. The molecule has 0 aromatic carbocycles. The molecule has 110 valence electrons. The Hall–Kier alpha value is -0.680. The lowest BCUT2D eigenvalue weighted by atomic mass is 10.0. The Bertz CT molecular complexity index is 303. The zero-order chi connectivity index (χ0) is 14.3. The number of carbonyl (C=O) groups is 1. The van der Waals surface area contributed by atoms with Gasteiger partial charge < -0.3 is 16.0 Å². The zero-order valence-corrected chi connectivity index (χ0v) is 13.0. The molecule has 0 heterocycles. The first-order chi connectivity index (χ1) is 9.06. The Morgan fingerprint density at radius 1 is 1.47 bits per heavy atom. The van der Waals surface area contributed by atoms with Crippen LogP contribution in [-0.4, -0.2) is 42.0 Å². The quantitative estimate of drug-likeness (QED) is 0.666. The minimum Gasteiger partial charge on any atom is -0.393 e. The van der Waals surface area contributed by atoms with E-state index in [0.29, 0.717) is 17.6 Å². The molecule has 4 nitrogen and oxygen atoms in total. The van der Waals surface area contributed by atoms with Gasteiger partial charge >= 0.3 is 0 Å². The standard InChI is InChI=1S/C14H27N3OS/c1-3-6-12(13(15)19)14(18)16-9-10-17(2)11-7-4-5-8-11/h11-12H,3-10H2,1-2H3,(H2,15,19)(H,16,18). The van der Waals surface area contributed by atoms with Crippen molar-refractivity contribution in [3.8, 4) is 0 Å². The highest BCUT2D eigenvalue weighted by Crippen LogP contribution is 2.21. The van der Waals surface area contributed by atoms with Crippen LogP contribution in [0.4, 0.5) is 0 Å². The first kappa shape index (κ1) is 16.4. The summed E-state index contributed by atoms with van der Waals surface area (Å²) in [6.07, 6.45) is 6.89. The van der Waals surface area contributed by atoms with Gasteiger partial charge in [0.2, 0.25) is 5.91 Å². The summed E-state index contributed by atoms with van der Waals surface area (Å²) in [4.78, 5) is 14.6. The van der Waals surface area contributed by atoms with Crippen LogP contribution < -0.4 is 11.1 Å². The van der Waals surface area contributed by atoms with E-state index in [1.54, 1.807) is 0 Å². The Labute approximate surface area is 122 Å². The van der Waals surface area contributed by atoms with Crippen molar-refractivity contribution in [2.24, 2.45) is 11.7 Å². The van der Waals surface area contributed by atoms with Gasteiger partial charge in [-0.3, -0.25) is 4.79 Å². The van der Waals surface area contributed by atoms with E-state index in [1.807, 2.05) is 6.92 Å². The number of likely N-dealkylation sites (N-methyl/N-ethyl adjacent to an activating group) is 1. The fourth-order valence-corrected chi connectivity index (χ4v) is 2.92. The van der Waals surface area contributed by atoms with Crippen molar-refractivity contribution in [3.05, 3.63) is 0 Å². The number of nitrogens with zero attached hydrogens (tertiary/aromatic N) is 1. The van der Waals surface area contributed by atoms with Crippen molar-refractivity contribution in [1.29, 1.82) is 0 Å². The summed E-state index contributed by atoms with van der Waals surface area (Å²) in [5.74, 6) is -0.328. The lowest BCUT2D eigenvalue weighted by molar-refractivity contribution is -0.123. The van der Waals surface area contributed by atoms with Gasteiger partial charge in [0.25, 0.3) is 0 Å². The average Bonchev–Trinajstić information content (AvgIpc) is 2.89. The molecule has 0 aliphatic heterocycles. The van der Waals surface area contributed by atoms with E-state index >= 15 is 0 Å². The van der Waals surface area contributed by atoms with Gasteiger partial charge in [-0.05, 0) is 26.3 Å². The van der Waals surface area contributed by atoms with Gasteiger partial charge in [-0.1, -0.05) is 38.4 Å². The second kappa shape index (κ2) is 8.48. The van der Waals surface area contributed by atoms with Gasteiger partial charge in [-0.2, -0.15) is 0 Å². The highest BCUT2D eigenvalue weighted by molar-refractivity contribution is 7.80. The summed E-state index contributed by atoms with van der Waals surface area (Å²) < 4.78 is 0. The van der Waals surface area contributed by atoms with Crippen molar-refractivity contribution in [3.63, 3.8) is 0 Å². The Kier molecular flexibility index (Phi) is 7.31. The molecule has 1 unspecified atom stereocenters. The van der Waals surface area contributed by atoms with Crippen LogP contribution in [0.15, 0.2) is 0 Å². The van der Waals surface area contributed by atoms with Crippen LogP contribution >= 0.6 is 12.2 Å². The number of amides is 1. The van der Waals surface area contributed by atoms with Crippen LogP contribution in [0.5, 0.6) is 0 Å². The van der Waals surface area contributed by atoms with Crippen molar-refractivity contribution in [2.45, 2.75) is 51.5 Å². The molecule has 1 rings (SSSR count). The maximum Gasteiger partial charge on any atom is 0.229 e. The number of thiocarbonyl (C=S) groups is 1. The number of rotatable bonds is 8. The monoisotopic (exact) mass is 285 g/mol.